The Morgan fingerprint density at radius 2 is 2.17 bits per heavy atom. The van der Waals surface area contributed by atoms with Crippen LogP contribution >= 0.6 is 0 Å². The fourth-order valence-corrected chi connectivity index (χ4v) is 1.32. The van der Waals surface area contributed by atoms with E-state index >= 15 is 0 Å². The van der Waals surface area contributed by atoms with Gasteiger partial charge in [0.15, 0.2) is 0 Å². The molecule has 0 aliphatic heterocycles. The molecule has 98 valence electrons. The minimum Gasteiger partial charge on any atom is -0.481 e. The summed E-state index contributed by atoms with van der Waals surface area (Å²) in [7, 11) is 0. The Balaban J connectivity index is 2.33. The molecule has 0 atom stereocenters. The molecular formula is C13H18N2O3. The van der Waals surface area contributed by atoms with Crippen LogP contribution in [0.4, 0.5) is 0 Å². The lowest BCUT2D eigenvalue weighted by atomic mass is 9.88. The van der Waals surface area contributed by atoms with Crippen molar-refractivity contribution < 1.29 is 14.7 Å². The van der Waals surface area contributed by atoms with Gasteiger partial charge in [0.2, 0.25) is 5.91 Å². The molecule has 5 nitrogen and oxygen atoms in total. The number of nitrogens with one attached hydrogen (secondary N) is 1. The van der Waals surface area contributed by atoms with Gasteiger partial charge in [-0.2, -0.15) is 0 Å². The molecule has 1 rings (SSSR count). The number of aliphatic carboxylic acids is 1. The zero-order valence-corrected chi connectivity index (χ0v) is 10.6. The molecule has 18 heavy (non-hydrogen) atoms. The summed E-state index contributed by atoms with van der Waals surface area (Å²) in [5, 5.41) is 11.7. The fourth-order valence-electron chi connectivity index (χ4n) is 1.32. The van der Waals surface area contributed by atoms with Crippen LogP contribution in [-0.4, -0.2) is 22.0 Å². The van der Waals surface area contributed by atoms with Crippen LogP contribution in [0, 0.1) is 5.41 Å². The molecule has 1 heterocycles. The van der Waals surface area contributed by atoms with Crippen molar-refractivity contribution in [1.82, 2.24) is 10.3 Å². The smallest absolute Gasteiger partial charge is 0.309 e. The SMILES string of the molecule is CC(C)(CCC(=O)NCc1cccnc1)C(=O)O. The maximum absolute atomic E-state index is 11.6. The highest BCUT2D eigenvalue weighted by Crippen LogP contribution is 2.22. The van der Waals surface area contributed by atoms with Crippen molar-refractivity contribution in [2.45, 2.75) is 33.2 Å². The highest BCUT2D eigenvalue weighted by Gasteiger charge is 2.27. The van der Waals surface area contributed by atoms with Gasteiger partial charge in [0.1, 0.15) is 0 Å². The van der Waals surface area contributed by atoms with Crippen molar-refractivity contribution in [2.24, 2.45) is 5.41 Å². The molecule has 0 fully saturated rings. The number of carbonyl (C=O) groups excluding carboxylic acids is 1. The molecule has 0 bridgehead atoms. The van der Waals surface area contributed by atoms with Gasteiger partial charge in [0.25, 0.3) is 0 Å². The fraction of sp³-hybridized carbons (Fsp3) is 0.462. The molecule has 0 aromatic carbocycles. The second kappa shape index (κ2) is 6.14. The van der Waals surface area contributed by atoms with E-state index in [-0.39, 0.29) is 12.3 Å². The number of nitrogens with zero attached hydrogens (tertiary/aromatic N) is 1. The first-order chi connectivity index (χ1) is 8.42. The molecule has 0 radical (unpaired) electrons. The lowest BCUT2D eigenvalue weighted by molar-refractivity contribution is -0.147. The molecule has 5 heteroatoms. The summed E-state index contributed by atoms with van der Waals surface area (Å²) in [5.74, 6) is -1.03. The molecule has 2 N–H and O–H groups in total. The van der Waals surface area contributed by atoms with E-state index in [0.29, 0.717) is 13.0 Å². The zero-order valence-electron chi connectivity index (χ0n) is 10.6. The van der Waals surface area contributed by atoms with Gasteiger partial charge >= 0.3 is 5.97 Å². The molecule has 1 aromatic rings. The Bertz CT molecular complexity index is 416. The molecule has 1 aromatic heterocycles. The summed E-state index contributed by atoms with van der Waals surface area (Å²) in [5.41, 5.74) is 0.0504. The van der Waals surface area contributed by atoms with Gasteiger partial charge in [-0.05, 0) is 31.9 Å². The maximum Gasteiger partial charge on any atom is 0.309 e. The van der Waals surface area contributed by atoms with Gasteiger partial charge < -0.3 is 10.4 Å². The van der Waals surface area contributed by atoms with Gasteiger partial charge in [-0.1, -0.05) is 6.07 Å². The number of carbonyl (C=O) groups is 2. The normalized spacial score (nSPS) is 11.0. The first kappa shape index (κ1) is 14.2. The summed E-state index contributed by atoms with van der Waals surface area (Å²) >= 11 is 0. The summed E-state index contributed by atoms with van der Waals surface area (Å²) in [6.07, 6.45) is 3.88. The number of pyridine rings is 1. The highest BCUT2D eigenvalue weighted by atomic mass is 16.4. The number of carboxylic acid groups (broad SMARTS) is 1. The molecule has 0 aliphatic carbocycles. The van der Waals surface area contributed by atoms with E-state index in [1.54, 1.807) is 32.3 Å². The van der Waals surface area contributed by atoms with Crippen molar-refractivity contribution in [3.63, 3.8) is 0 Å². The Morgan fingerprint density at radius 1 is 1.44 bits per heavy atom. The maximum atomic E-state index is 11.6. The van der Waals surface area contributed by atoms with Crippen LogP contribution in [0.25, 0.3) is 0 Å². The monoisotopic (exact) mass is 250 g/mol. The summed E-state index contributed by atoms with van der Waals surface area (Å²) in [6, 6.07) is 3.67. The van der Waals surface area contributed by atoms with Crippen LogP contribution in [0.15, 0.2) is 24.5 Å². The molecule has 0 aliphatic rings. The van der Waals surface area contributed by atoms with Crippen LogP contribution in [0.3, 0.4) is 0 Å². The minimum atomic E-state index is -0.887. The number of amides is 1. The molecule has 0 unspecified atom stereocenters. The topological polar surface area (TPSA) is 79.3 Å². The predicted molar refractivity (Wildman–Crippen MR) is 66.7 cm³/mol. The summed E-state index contributed by atoms with van der Waals surface area (Å²) < 4.78 is 0. The largest absolute Gasteiger partial charge is 0.481 e. The zero-order chi connectivity index (χ0) is 13.6. The third kappa shape index (κ3) is 4.53. The summed E-state index contributed by atoms with van der Waals surface area (Å²) in [4.78, 5) is 26.4. The van der Waals surface area contributed by atoms with Crippen LogP contribution in [0.2, 0.25) is 0 Å². The van der Waals surface area contributed by atoms with Crippen molar-refractivity contribution >= 4 is 11.9 Å². The van der Waals surface area contributed by atoms with E-state index in [4.69, 9.17) is 5.11 Å². The molecule has 1 amide bonds. The average molecular weight is 250 g/mol. The first-order valence-electron chi connectivity index (χ1n) is 5.81. The second-order valence-electron chi connectivity index (χ2n) is 4.83. The van der Waals surface area contributed by atoms with Crippen molar-refractivity contribution in [3.05, 3.63) is 30.1 Å². The van der Waals surface area contributed by atoms with E-state index in [9.17, 15) is 9.59 Å². The lowest BCUT2D eigenvalue weighted by Crippen LogP contribution is -2.28. The van der Waals surface area contributed by atoms with E-state index < -0.39 is 11.4 Å². The van der Waals surface area contributed by atoms with Gasteiger partial charge in [0, 0.05) is 25.4 Å². The quantitative estimate of drug-likeness (QED) is 0.803. The van der Waals surface area contributed by atoms with E-state index in [2.05, 4.69) is 10.3 Å². The van der Waals surface area contributed by atoms with Crippen molar-refractivity contribution in [3.8, 4) is 0 Å². The molecular weight excluding hydrogens is 232 g/mol. The predicted octanol–water partition coefficient (Wildman–Crippen LogP) is 1.59. The average Bonchev–Trinajstić information content (AvgIpc) is 2.35. The van der Waals surface area contributed by atoms with Gasteiger partial charge in [-0.25, -0.2) is 0 Å². The van der Waals surface area contributed by atoms with Gasteiger partial charge in [0.05, 0.1) is 5.41 Å². The summed E-state index contributed by atoms with van der Waals surface area (Å²) in [6.45, 7) is 3.65. The number of rotatable bonds is 6. The van der Waals surface area contributed by atoms with Crippen LogP contribution in [0.1, 0.15) is 32.3 Å². The Labute approximate surface area is 106 Å². The number of carboxylic acids is 1. The third-order valence-electron chi connectivity index (χ3n) is 2.77. The second-order valence-corrected chi connectivity index (χ2v) is 4.83. The van der Waals surface area contributed by atoms with E-state index in [1.165, 1.54) is 0 Å². The van der Waals surface area contributed by atoms with Gasteiger partial charge in [-0.3, -0.25) is 14.6 Å². The number of hydrogen-bond acceptors (Lipinski definition) is 3. The molecule has 0 saturated carbocycles. The minimum absolute atomic E-state index is 0.145. The Morgan fingerprint density at radius 3 is 2.72 bits per heavy atom. The van der Waals surface area contributed by atoms with Crippen LogP contribution < -0.4 is 5.32 Å². The number of hydrogen-bond donors (Lipinski definition) is 2. The highest BCUT2D eigenvalue weighted by molar-refractivity contribution is 5.78. The first-order valence-corrected chi connectivity index (χ1v) is 5.81. The Kier molecular flexibility index (Phi) is 4.83. The Hall–Kier alpha value is -1.91. The van der Waals surface area contributed by atoms with Crippen molar-refractivity contribution in [2.75, 3.05) is 0 Å². The molecule has 0 saturated heterocycles. The van der Waals surface area contributed by atoms with Crippen LogP contribution in [0.5, 0.6) is 0 Å². The van der Waals surface area contributed by atoms with Crippen LogP contribution in [-0.2, 0) is 16.1 Å². The third-order valence-corrected chi connectivity index (χ3v) is 2.77. The lowest BCUT2D eigenvalue weighted by Gasteiger charge is -2.18. The van der Waals surface area contributed by atoms with E-state index in [0.717, 1.165) is 5.56 Å². The van der Waals surface area contributed by atoms with Crippen molar-refractivity contribution in [1.29, 1.82) is 0 Å². The molecule has 0 spiro atoms. The number of aromatic nitrogens is 1. The van der Waals surface area contributed by atoms with E-state index in [1.807, 2.05) is 6.07 Å². The van der Waals surface area contributed by atoms with Gasteiger partial charge in [-0.15, -0.1) is 0 Å². The standard InChI is InChI=1S/C13H18N2O3/c1-13(2,12(17)18)6-5-11(16)15-9-10-4-3-7-14-8-10/h3-4,7-8H,5-6,9H2,1-2H3,(H,15,16)(H,17,18).